The number of rotatable bonds is 7. The van der Waals surface area contributed by atoms with Crippen molar-refractivity contribution in [1.29, 1.82) is 0 Å². The second kappa shape index (κ2) is 9.61. The number of aromatic nitrogens is 3. The van der Waals surface area contributed by atoms with Crippen LogP contribution >= 0.6 is 0 Å². The Morgan fingerprint density at radius 2 is 1.94 bits per heavy atom. The van der Waals surface area contributed by atoms with Gasteiger partial charge in [0, 0.05) is 54.8 Å². The molecule has 4 atom stereocenters. The number of aliphatic hydroxyl groups is 1. The van der Waals surface area contributed by atoms with Crippen LogP contribution in [0.4, 0.5) is 17.3 Å². The van der Waals surface area contributed by atoms with Crippen molar-refractivity contribution < 1.29 is 5.11 Å². The van der Waals surface area contributed by atoms with Gasteiger partial charge in [-0.1, -0.05) is 6.42 Å². The molecule has 2 saturated carbocycles. The Labute approximate surface area is 206 Å². The lowest BCUT2D eigenvalue weighted by Gasteiger charge is -2.34. The molecule has 2 N–H and O–H groups in total. The topological polar surface area (TPSA) is 83.3 Å². The number of benzene rings is 1. The van der Waals surface area contributed by atoms with Gasteiger partial charge in [-0.15, -0.1) is 0 Å². The smallest absolute Gasteiger partial charge is 0.252 e. The highest BCUT2D eigenvalue weighted by molar-refractivity contribution is 5.76. The first-order valence-electron chi connectivity index (χ1n) is 13.3. The van der Waals surface area contributed by atoms with E-state index in [4.69, 9.17) is 10.1 Å². The van der Waals surface area contributed by atoms with Crippen LogP contribution in [-0.4, -0.2) is 39.3 Å². The molecule has 3 aliphatic rings. The standard InChI is InChI=1S/C28H35N5O2/c34-14-2-4-19-3-1-13-32(18-19)24-10-8-23(9-11-24)30-28-29-17-22-7-12-26(35)33(27(22)31-28)25-16-20-5-6-21(25)15-20/h7-12,17,19-21,25,34H,1-6,13-16,18H2,(H,29,30,31). The Kier molecular flexibility index (Phi) is 6.19. The Morgan fingerprint density at radius 3 is 2.71 bits per heavy atom. The van der Waals surface area contributed by atoms with Crippen LogP contribution in [0.2, 0.25) is 0 Å². The molecule has 1 aromatic carbocycles. The van der Waals surface area contributed by atoms with E-state index in [1.165, 1.54) is 37.8 Å². The summed E-state index contributed by atoms with van der Waals surface area (Å²) < 4.78 is 1.94. The molecule has 4 unspecified atom stereocenters. The van der Waals surface area contributed by atoms with E-state index in [2.05, 4.69) is 39.5 Å². The summed E-state index contributed by atoms with van der Waals surface area (Å²) in [6.45, 7) is 2.42. The molecule has 2 bridgehead atoms. The number of nitrogens with zero attached hydrogens (tertiary/aromatic N) is 4. The number of piperidine rings is 1. The van der Waals surface area contributed by atoms with Crippen molar-refractivity contribution in [2.75, 3.05) is 29.9 Å². The normalized spacial score (nSPS) is 25.9. The molecule has 184 valence electrons. The molecule has 1 saturated heterocycles. The Morgan fingerprint density at radius 1 is 1.06 bits per heavy atom. The molecule has 3 aromatic rings. The maximum Gasteiger partial charge on any atom is 0.252 e. The molecule has 0 amide bonds. The third-order valence-electron chi connectivity index (χ3n) is 8.48. The zero-order chi connectivity index (χ0) is 23.8. The monoisotopic (exact) mass is 473 g/mol. The third-order valence-corrected chi connectivity index (χ3v) is 8.48. The molecule has 1 aliphatic heterocycles. The molecule has 3 heterocycles. The van der Waals surface area contributed by atoms with Gasteiger partial charge < -0.3 is 15.3 Å². The molecule has 7 heteroatoms. The summed E-state index contributed by atoms with van der Waals surface area (Å²) in [7, 11) is 0. The summed E-state index contributed by atoms with van der Waals surface area (Å²) in [5.41, 5.74) is 2.95. The first kappa shape index (κ1) is 22.5. The molecule has 0 radical (unpaired) electrons. The fraction of sp³-hybridized carbons (Fsp3) is 0.536. The van der Waals surface area contributed by atoms with E-state index in [9.17, 15) is 4.79 Å². The lowest BCUT2D eigenvalue weighted by atomic mass is 9.93. The number of fused-ring (bicyclic) bond motifs is 3. The minimum absolute atomic E-state index is 0.0443. The van der Waals surface area contributed by atoms with Gasteiger partial charge >= 0.3 is 0 Å². The zero-order valence-electron chi connectivity index (χ0n) is 20.3. The number of hydrogen-bond acceptors (Lipinski definition) is 6. The first-order chi connectivity index (χ1) is 17.2. The number of aliphatic hydroxyl groups excluding tert-OH is 1. The van der Waals surface area contributed by atoms with Crippen LogP contribution in [0, 0.1) is 17.8 Å². The zero-order valence-corrected chi connectivity index (χ0v) is 20.3. The molecular weight excluding hydrogens is 438 g/mol. The van der Waals surface area contributed by atoms with Gasteiger partial charge in [0.1, 0.15) is 5.65 Å². The van der Waals surface area contributed by atoms with Crippen LogP contribution in [-0.2, 0) is 0 Å². The van der Waals surface area contributed by atoms with Crippen molar-refractivity contribution in [3.05, 3.63) is 52.9 Å². The Hall–Kier alpha value is -2.93. The van der Waals surface area contributed by atoms with Crippen molar-refractivity contribution in [2.45, 2.75) is 57.4 Å². The van der Waals surface area contributed by atoms with Crippen molar-refractivity contribution in [1.82, 2.24) is 14.5 Å². The fourth-order valence-corrected chi connectivity index (χ4v) is 6.75. The largest absolute Gasteiger partial charge is 0.396 e. The summed E-state index contributed by atoms with van der Waals surface area (Å²) in [5.74, 6) is 2.54. The molecule has 2 aliphatic carbocycles. The molecule has 0 spiro atoms. The summed E-state index contributed by atoms with van der Waals surface area (Å²) in [5, 5.41) is 13.4. The van der Waals surface area contributed by atoms with Gasteiger partial charge in [0.2, 0.25) is 5.95 Å². The van der Waals surface area contributed by atoms with E-state index in [-0.39, 0.29) is 18.2 Å². The minimum atomic E-state index is 0.0443. The van der Waals surface area contributed by atoms with Gasteiger partial charge in [0.15, 0.2) is 0 Å². The van der Waals surface area contributed by atoms with Crippen LogP contribution in [0.5, 0.6) is 0 Å². The average molecular weight is 474 g/mol. The number of hydrogen-bond donors (Lipinski definition) is 2. The lowest BCUT2D eigenvalue weighted by molar-refractivity contribution is 0.263. The molecule has 2 aromatic heterocycles. The van der Waals surface area contributed by atoms with Crippen molar-refractivity contribution in [2.24, 2.45) is 17.8 Å². The fourth-order valence-electron chi connectivity index (χ4n) is 6.75. The van der Waals surface area contributed by atoms with Crippen LogP contribution in [0.25, 0.3) is 11.0 Å². The summed E-state index contributed by atoms with van der Waals surface area (Å²) in [6, 6.07) is 12.2. The summed E-state index contributed by atoms with van der Waals surface area (Å²) in [4.78, 5) is 24.7. The first-order valence-corrected chi connectivity index (χ1v) is 13.3. The highest BCUT2D eigenvalue weighted by atomic mass is 16.2. The van der Waals surface area contributed by atoms with E-state index in [1.54, 1.807) is 6.07 Å². The minimum Gasteiger partial charge on any atom is -0.396 e. The quantitative estimate of drug-likeness (QED) is 0.509. The maximum atomic E-state index is 12.9. The van der Waals surface area contributed by atoms with Crippen LogP contribution in [0.15, 0.2) is 47.4 Å². The average Bonchev–Trinajstić information content (AvgIpc) is 3.52. The lowest BCUT2D eigenvalue weighted by Crippen LogP contribution is -2.35. The number of nitrogens with one attached hydrogen (secondary N) is 1. The second-order valence-electron chi connectivity index (χ2n) is 10.7. The second-order valence-corrected chi connectivity index (χ2v) is 10.7. The maximum absolute atomic E-state index is 12.9. The van der Waals surface area contributed by atoms with Gasteiger partial charge in [-0.05, 0) is 93.0 Å². The van der Waals surface area contributed by atoms with E-state index in [0.29, 0.717) is 17.8 Å². The SMILES string of the molecule is O=c1ccc2cnc(Nc3ccc(N4CCCC(CCCO)C4)cc3)nc2n1C1CC2CCC1C2. The van der Waals surface area contributed by atoms with Crippen LogP contribution < -0.4 is 15.8 Å². The summed E-state index contributed by atoms with van der Waals surface area (Å²) >= 11 is 0. The van der Waals surface area contributed by atoms with Crippen LogP contribution in [0.1, 0.15) is 57.4 Å². The predicted molar refractivity (Wildman–Crippen MR) is 139 cm³/mol. The molecule has 7 nitrogen and oxygen atoms in total. The highest BCUT2D eigenvalue weighted by Gasteiger charge is 2.41. The van der Waals surface area contributed by atoms with E-state index >= 15 is 0 Å². The van der Waals surface area contributed by atoms with Crippen molar-refractivity contribution in [3.8, 4) is 0 Å². The third kappa shape index (κ3) is 4.54. The Balaban J connectivity index is 1.20. The summed E-state index contributed by atoms with van der Waals surface area (Å²) in [6.07, 6.45) is 11.1. The number of pyridine rings is 1. The highest BCUT2D eigenvalue weighted by Crippen LogP contribution is 2.50. The van der Waals surface area contributed by atoms with Crippen LogP contribution in [0.3, 0.4) is 0 Å². The molecule has 3 fully saturated rings. The van der Waals surface area contributed by atoms with E-state index in [0.717, 1.165) is 55.0 Å². The molecule has 35 heavy (non-hydrogen) atoms. The predicted octanol–water partition coefficient (Wildman–Crippen LogP) is 4.89. The van der Waals surface area contributed by atoms with E-state index < -0.39 is 0 Å². The van der Waals surface area contributed by atoms with E-state index in [1.807, 2.05) is 16.8 Å². The van der Waals surface area contributed by atoms with Gasteiger partial charge in [-0.2, -0.15) is 4.98 Å². The number of anilines is 3. The molecular formula is C28H35N5O2. The van der Waals surface area contributed by atoms with Crippen molar-refractivity contribution in [3.63, 3.8) is 0 Å². The van der Waals surface area contributed by atoms with Gasteiger partial charge in [-0.25, -0.2) is 4.98 Å². The van der Waals surface area contributed by atoms with Gasteiger partial charge in [-0.3, -0.25) is 9.36 Å². The Bertz CT molecular complexity index is 1240. The van der Waals surface area contributed by atoms with Crippen molar-refractivity contribution >= 4 is 28.4 Å². The van der Waals surface area contributed by atoms with Gasteiger partial charge in [0.25, 0.3) is 5.56 Å². The van der Waals surface area contributed by atoms with Gasteiger partial charge in [0.05, 0.1) is 0 Å². The molecule has 6 rings (SSSR count).